The Balaban J connectivity index is 2.12. The van der Waals surface area contributed by atoms with E-state index in [1.807, 2.05) is 36.2 Å². The highest BCUT2D eigenvalue weighted by molar-refractivity contribution is 5.60. The van der Waals surface area contributed by atoms with E-state index in [0.29, 0.717) is 12.2 Å². The molecular formula is C15H14N4O2. The molecule has 0 aliphatic heterocycles. The zero-order chi connectivity index (χ0) is 15.2. The van der Waals surface area contributed by atoms with Crippen molar-refractivity contribution in [2.45, 2.75) is 6.42 Å². The number of nitro groups is 1. The van der Waals surface area contributed by atoms with E-state index in [9.17, 15) is 10.1 Å². The molecule has 6 heteroatoms. The molecule has 21 heavy (non-hydrogen) atoms. The van der Waals surface area contributed by atoms with Crippen molar-refractivity contribution in [2.24, 2.45) is 0 Å². The molecule has 6 nitrogen and oxygen atoms in total. The molecule has 0 bridgehead atoms. The summed E-state index contributed by atoms with van der Waals surface area (Å²) in [5.74, 6) is 0. The second kappa shape index (κ2) is 6.48. The van der Waals surface area contributed by atoms with Gasteiger partial charge >= 0.3 is 0 Å². The molecule has 0 spiro atoms. The molecule has 0 N–H and O–H groups in total. The van der Waals surface area contributed by atoms with Crippen LogP contribution in [0.4, 0.5) is 11.4 Å². The maximum absolute atomic E-state index is 11.0. The van der Waals surface area contributed by atoms with E-state index >= 15 is 0 Å². The second-order valence-electron chi connectivity index (χ2n) is 4.56. The van der Waals surface area contributed by atoms with Crippen LogP contribution in [0.3, 0.4) is 0 Å². The minimum absolute atomic E-state index is 0.0712. The fourth-order valence-electron chi connectivity index (χ4n) is 1.96. The molecule has 106 valence electrons. The van der Waals surface area contributed by atoms with Gasteiger partial charge in [0.25, 0.3) is 5.69 Å². The molecule has 0 saturated carbocycles. The third kappa shape index (κ3) is 3.54. The Kier molecular flexibility index (Phi) is 4.46. The SMILES string of the molecule is CN(CCc1ccccn1)c1ccc(C#N)c([N+](=O)[O-])c1. The second-order valence-corrected chi connectivity index (χ2v) is 4.56. The Morgan fingerprint density at radius 3 is 2.81 bits per heavy atom. The van der Waals surface area contributed by atoms with Crippen molar-refractivity contribution in [2.75, 3.05) is 18.5 Å². The van der Waals surface area contributed by atoms with Gasteiger partial charge < -0.3 is 4.90 Å². The van der Waals surface area contributed by atoms with Gasteiger partial charge in [-0.3, -0.25) is 15.1 Å². The number of hydrogen-bond donors (Lipinski definition) is 0. The molecule has 0 radical (unpaired) electrons. The van der Waals surface area contributed by atoms with E-state index in [2.05, 4.69) is 4.98 Å². The molecule has 1 aromatic carbocycles. The van der Waals surface area contributed by atoms with Crippen molar-refractivity contribution in [3.63, 3.8) is 0 Å². The predicted molar refractivity (Wildman–Crippen MR) is 79.0 cm³/mol. The Hall–Kier alpha value is -2.94. The average molecular weight is 282 g/mol. The lowest BCUT2D eigenvalue weighted by molar-refractivity contribution is -0.385. The molecule has 0 amide bonds. The summed E-state index contributed by atoms with van der Waals surface area (Å²) in [5, 5.41) is 19.8. The average Bonchev–Trinajstić information content (AvgIpc) is 2.52. The van der Waals surface area contributed by atoms with Gasteiger partial charge in [-0.15, -0.1) is 0 Å². The Morgan fingerprint density at radius 2 is 2.19 bits per heavy atom. The summed E-state index contributed by atoms with van der Waals surface area (Å²) < 4.78 is 0. The minimum atomic E-state index is -0.533. The van der Waals surface area contributed by atoms with Crippen LogP contribution in [0.1, 0.15) is 11.3 Å². The van der Waals surface area contributed by atoms with Crippen LogP contribution in [0.25, 0.3) is 0 Å². The number of aromatic nitrogens is 1. The monoisotopic (exact) mass is 282 g/mol. The van der Waals surface area contributed by atoms with E-state index in [1.165, 1.54) is 12.1 Å². The molecule has 0 saturated heterocycles. The van der Waals surface area contributed by atoms with E-state index in [-0.39, 0.29) is 11.3 Å². The first-order valence-corrected chi connectivity index (χ1v) is 6.41. The Bertz CT molecular complexity index is 680. The zero-order valence-electron chi connectivity index (χ0n) is 11.6. The topological polar surface area (TPSA) is 83.1 Å². The predicted octanol–water partition coefficient (Wildman–Crippen LogP) is 2.54. The van der Waals surface area contributed by atoms with Gasteiger partial charge in [0.15, 0.2) is 0 Å². The fraction of sp³-hybridized carbons (Fsp3) is 0.200. The van der Waals surface area contributed by atoms with Crippen LogP contribution in [0.15, 0.2) is 42.6 Å². The first kappa shape index (κ1) is 14.5. The van der Waals surface area contributed by atoms with Crippen LogP contribution < -0.4 is 4.90 Å². The first-order chi connectivity index (χ1) is 10.1. The van der Waals surface area contributed by atoms with Gasteiger partial charge in [-0.1, -0.05) is 6.07 Å². The van der Waals surface area contributed by atoms with Crippen molar-refractivity contribution >= 4 is 11.4 Å². The van der Waals surface area contributed by atoms with Crippen molar-refractivity contribution in [3.8, 4) is 6.07 Å². The van der Waals surface area contributed by atoms with Gasteiger partial charge in [0.2, 0.25) is 0 Å². The standard InChI is InChI=1S/C15H14N4O2/c1-18(9-7-13-4-2-3-8-17-13)14-6-5-12(11-16)15(10-14)19(20)21/h2-6,8,10H,7,9H2,1H3. The molecule has 0 atom stereocenters. The lowest BCUT2D eigenvalue weighted by Crippen LogP contribution is -2.20. The van der Waals surface area contributed by atoms with E-state index in [1.54, 1.807) is 12.3 Å². The molecule has 1 heterocycles. The van der Waals surface area contributed by atoms with E-state index in [4.69, 9.17) is 5.26 Å². The van der Waals surface area contributed by atoms with E-state index in [0.717, 1.165) is 12.1 Å². The number of pyridine rings is 1. The number of anilines is 1. The van der Waals surface area contributed by atoms with Gasteiger partial charge in [-0.05, 0) is 24.3 Å². The summed E-state index contributed by atoms with van der Waals surface area (Å²) in [6.45, 7) is 0.681. The molecule has 0 aliphatic rings. The third-order valence-electron chi connectivity index (χ3n) is 3.17. The van der Waals surface area contributed by atoms with Crippen LogP contribution in [-0.4, -0.2) is 23.5 Å². The normalized spacial score (nSPS) is 9.90. The van der Waals surface area contributed by atoms with E-state index < -0.39 is 4.92 Å². The van der Waals surface area contributed by atoms with Crippen LogP contribution in [0, 0.1) is 21.4 Å². The highest BCUT2D eigenvalue weighted by atomic mass is 16.6. The molecule has 2 aromatic rings. The lowest BCUT2D eigenvalue weighted by Gasteiger charge is -2.19. The van der Waals surface area contributed by atoms with Gasteiger partial charge in [-0.2, -0.15) is 5.26 Å². The number of nitrogens with zero attached hydrogens (tertiary/aromatic N) is 4. The van der Waals surface area contributed by atoms with Crippen LogP contribution >= 0.6 is 0 Å². The van der Waals surface area contributed by atoms with Crippen molar-refractivity contribution < 1.29 is 4.92 Å². The smallest absolute Gasteiger partial charge is 0.289 e. The summed E-state index contributed by atoms with van der Waals surface area (Å²) >= 11 is 0. The largest absolute Gasteiger partial charge is 0.374 e. The molecule has 0 fully saturated rings. The van der Waals surface area contributed by atoms with Gasteiger partial charge in [-0.25, -0.2) is 0 Å². The van der Waals surface area contributed by atoms with Crippen LogP contribution in [0.5, 0.6) is 0 Å². The van der Waals surface area contributed by atoms with Gasteiger partial charge in [0.1, 0.15) is 11.6 Å². The maximum atomic E-state index is 11.0. The minimum Gasteiger partial charge on any atom is -0.374 e. The van der Waals surface area contributed by atoms with Crippen molar-refractivity contribution in [3.05, 3.63) is 64.0 Å². The molecule has 0 aliphatic carbocycles. The van der Waals surface area contributed by atoms with Crippen LogP contribution in [-0.2, 0) is 6.42 Å². The molecule has 1 aromatic heterocycles. The van der Waals surface area contributed by atoms with Crippen LogP contribution in [0.2, 0.25) is 0 Å². The molecular weight excluding hydrogens is 268 g/mol. The Morgan fingerprint density at radius 1 is 1.38 bits per heavy atom. The van der Waals surface area contributed by atoms with Gasteiger partial charge in [0.05, 0.1) is 4.92 Å². The lowest BCUT2D eigenvalue weighted by atomic mass is 10.1. The third-order valence-corrected chi connectivity index (χ3v) is 3.17. The molecule has 0 unspecified atom stereocenters. The van der Waals surface area contributed by atoms with Crippen molar-refractivity contribution in [1.29, 1.82) is 5.26 Å². The summed E-state index contributed by atoms with van der Waals surface area (Å²) in [6, 6.07) is 12.2. The van der Waals surface area contributed by atoms with Gasteiger partial charge in [0, 0.05) is 43.7 Å². The quantitative estimate of drug-likeness (QED) is 0.621. The summed E-state index contributed by atoms with van der Waals surface area (Å²) in [4.78, 5) is 16.6. The number of rotatable bonds is 5. The molecule has 2 rings (SSSR count). The fourth-order valence-corrected chi connectivity index (χ4v) is 1.96. The number of nitro benzene ring substituents is 1. The number of likely N-dealkylation sites (N-methyl/N-ethyl adjacent to an activating group) is 1. The number of benzene rings is 1. The summed E-state index contributed by atoms with van der Waals surface area (Å²) in [6.07, 6.45) is 2.48. The number of nitriles is 1. The highest BCUT2D eigenvalue weighted by Gasteiger charge is 2.15. The maximum Gasteiger partial charge on any atom is 0.289 e. The summed E-state index contributed by atoms with van der Waals surface area (Å²) in [5.41, 5.74) is 1.57. The Labute approximate surface area is 122 Å². The highest BCUT2D eigenvalue weighted by Crippen LogP contribution is 2.24. The zero-order valence-corrected chi connectivity index (χ0v) is 11.6. The summed E-state index contributed by atoms with van der Waals surface area (Å²) in [7, 11) is 1.86. The van der Waals surface area contributed by atoms with Crippen molar-refractivity contribution in [1.82, 2.24) is 4.98 Å². The number of hydrogen-bond acceptors (Lipinski definition) is 5. The first-order valence-electron chi connectivity index (χ1n) is 6.41.